The number of phenolic OH excluding ortho intramolecular Hbond substituents is 1. The lowest BCUT2D eigenvalue weighted by molar-refractivity contribution is 0.0955. The number of carbonyl (C=O) groups excluding carboxylic acids is 1. The number of halogens is 1. The number of nitrogens with zero attached hydrogens (tertiary/aromatic N) is 2. The van der Waals surface area contributed by atoms with Crippen molar-refractivity contribution in [2.45, 2.75) is 13.1 Å². The number of hydrogen-bond donors (Lipinski definition) is 3. The summed E-state index contributed by atoms with van der Waals surface area (Å²) in [6, 6.07) is 26.5. The molecule has 0 aliphatic carbocycles. The molecule has 4 aromatic rings. The molecule has 0 unspecified atom stereocenters. The molecule has 0 saturated carbocycles. The van der Waals surface area contributed by atoms with Gasteiger partial charge in [0.1, 0.15) is 5.75 Å². The van der Waals surface area contributed by atoms with E-state index in [0.717, 1.165) is 28.4 Å². The van der Waals surface area contributed by atoms with E-state index in [-0.39, 0.29) is 17.4 Å². The molecule has 3 N–H and O–H groups in total. The molecule has 7 heteroatoms. The Kier molecular flexibility index (Phi) is 8.11. The van der Waals surface area contributed by atoms with Gasteiger partial charge in [0.05, 0.1) is 17.8 Å². The zero-order valence-corrected chi connectivity index (χ0v) is 19.8. The molecule has 35 heavy (non-hydrogen) atoms. The fraction of sp³-hybridized carbons (Fsp3) is 0.143. The van der Waals surface area contributed by atoms with E-state index in [0.29, 0.717) is 18.7 Å². The summed E-state index contributed by atoms with van der Waals surface area (Å²) in [5.74, 6) is -0.510. The highest BCUT2D eigenvalue weighted by molar-refractivity contribution is 6.32. The van der Waals surface area contributed by atoms with Crippen LogP contribution in [0.4, 0.5) is 0 Å². The minimum Gasteiger partial charge on any atom is -0.506 e. The molecule has 0 aromatic heterocycles. The number of phenols is 1. The number of aliphatic hydroxyl groups is 1. The van der Waals surface area contributed by atoms with E-state index >= 15 is 0 Å². The average molecular weight is 488 g/mol. The van der Waals surface area contributed by atoms with Gasteiger partial charge in [-0.2, -0.15) is 5.10 Å². The Morgan fingerprint density at radius 1 is 0.943 bits per heavy atom. The van der Waals surface area contributed by atoms with Gasteiger partial charge in [0.15, 0.2) is 0 Å². The van der Waals surface area contributed by atoms with Gasteiger partial charge in [0.25, 0.3) is 5.91 Å². The lowest BCUT2D eigenvalue weighted by Crippen LogP contribution is -2.26. The number of rotatable bonds is 9. The van der Waals surface area contributed by atoms with Crippen LogP contribution in [0, 0.1) is 0 Å². The first-order chi connectivity index (χ1) is 17.0. The van der Waals surface area contributed by atoms with Gasteiger partial charge in [-0.15, -0.1) is 0 Å². The van der Waals surface area contributed by atoms with Gasteiger partial charge < -0.3 is 10.2 Å². The average Bonchev–Trinajstić information content (AvgIpc) is 2.87. The minimum atomic E-state index is -0.426. The smallest absolute Gasteiger partial charge is 0.271 e. The molecule has 0 spiro atoms. The molecule has 0 saturated heterocycles. The molecule has 6 nitrogen and oxygen atoms in total. The normalized spacial score (nSPS) is 11.4. The lowest BCUT2D eigenvalue weighted by Gasteiger charge is -2.22. The standard InChI is InChI=1S/C28H26ClN3O3/c29-26-16-21(12-13-27(26)34)28(35)31-30-17-22-10-11-23(25-9-5-4-8-24(22)25)19-32(14-15-33)18-20-6-2-1-3-7-20/h1-13,16-17,33-34H,14-15,18-19H2,(H,31,35). The van der Waals surface area contributed by atoms with Crippen molar-refractivity contribution < 1.29 is 15.0 Å². The van der Waals surface area contributed by atoms with Crippen molar-refractivity contribution >= 4 is 34.5 Å². The molecule has 1 amide bonds. The van der Waals surface area contributed by atoms with Crippen LogP contribution in [-0.2, 0) is 13.1 Å². The van der Waals surface area contributed by atoms with Gasteiger partial charge >= 0.3 is 0 Å². The minimum absolute atomic E-state index is 0.0837. The number of aliphatic hydroxyl groups excluding tert-OH is 1. The van der Waals surface area contributed by atoms with E-state index in [9.17, 15) is 15.0 Å². The predicted octanol–water partition coefficient (Wildman–Crippen LogP) is 4.96. The summed E-state index contributed by atoms with van der Waals surface area (Å²) in [6.07, 6.45) is 1.61. The molecule has 0 atom stereocenters. The monoisotopic (exact) mass is 487 g/mol. The van der Waals surface area contributed by atoms with Crippen molar-refractivity contribution in [1.82, 2.24) is 10.3 Å². The third-order valence-corrected chi connectivity index (χ3v) is 5.99. The topological polar surface area (TPSA) is 85.2 Å². The highest BCUT2D eigenvalue weighted by Crippen LogP contribution is 2.25. The Bertz CT molecular complexity index is 1340. The van der Waals surface area contributed by atoms with Crippen molar-refractivity contribution in [2.24, 2.45) is 5.10 Å². The van der Waals surface area contributed by atoms with E-state index in [4.69, 9.17) is 11.6 Å². The van der Waals surface area contributed by atoms with Gasteiger partial charge in [-0.3, -0.25) is 9.69 Å². The second-order valence-electron chi connectivity index (χ2n) is 8.14. The quantitative estimate of drug-likeness (QED) is 0.230. The Labute approximate surface area is 209 Å². The highest BCUT2D eigenvalue weighted by Gasteiger charge is 2.11. The van der Waals surface area contributed by atoms with Crippen molar-refractivity contribution in [3.63, 3.8) is 0 Å². The van der Waals surface area contributed by atoms with E-state index in [1.54, 1.807) is 6.21 Å². The summed E-state index contributed by atoms with van der Waals surface area (Å²) in [6.45, 7) is 2.08. The van der Waals surface area contributed by atoms with Crippen LogP contribution in [0.3, 0.4) is 0 Å². The lowest BCUT2D eigenvalue weighted by atomic mass is 9.99. The summed E-state index contributed by atoms with van der Waals surface area (Å²) in [4.78, 5) is 14.6. The number of fused-ring (bicyclic) bond motifs is 1. The first-order valence-electron chi connectivity index (χ1n) is 11.2. The fourth-order valence-corrected chi connectivity index (χ4v) is 4.13. The van der Waals surface area contributed by atoms with Crippen molar-refractivity contribution in [3.8, 4) is 5.75 Å². The molecule has 0 aliphatic heterocycles. The molecule has 0 aliphatic rings. The van der Waals surface area contributed by atoms with Gasteiger partial charge in [-0.1, -0.05) is 78.3 Å². The van der Waals surface area contributed by atoms with Gasteiger partial charge in [0, 0.05) is 30.8 Å². The first kappa shape index (κ1) is 24.4. The molecule has 178 valence electrons. The van der Waals surface area contributed by atoms with Crippen LogP contribution in [0.15, 0.2) is 90.0 Å². The number of hydrazone groups is 1. The van der Waals surface area contributed by atoms with E-state index in [1.165, 1.54) is 23.8 Å². The van der Waals surface area contributed by atoms with Crippen LogP contribution < -0.4 is 5.43 Å². The fourth-order valence-electron chi connectivity index (χ4n) is 3.95. The maximum Gasteiger partial charge on any atom is 0.271 e. The zero-order valence-electron chi connectivity index (χ0n) is 19.1. The first-order valence-corrected chi connectivity index (χ1v) is 11.6. The van der Waals surface area contributed by atoms with Crippen LogP contribution >= 0.6 is 11.6 Å². The highest BCUT2D eigenvalue weighted by atomic mass is 35.5. The van der Waals surface area contributed by atoms with Crippen LogP contribution in [0.2, 0.25) is 5.02 Å². The Morgan fingerprint density at radius 3 is 2.43 bits per heavy atom. The molecule has 4 aromatic carbocycles. The number of hydrogen-bond acceptors (Lipinski definition) is 5. The van der Waals surface area contributed by atoms with E-state index in [1.807, 2.05) is 42.5 Å². The Balaban J connectivity index is 1.53. The molecule has 0 fully saturated rings. The zero-order chi connectivity index (χ0) is 24.6. The third-order valence-electron chi connectivity index (χ3n) is 5.69. The van der Waals surface area contributed by atoms with Gasteiger partial charge in [-0.25, -0.2) is 5.43 Å². The number of carbonyl (C=O) groups is 1. The summed E-state index contributed by atoms with van der Waals surface area (Å²) >= 11 is 5.88. The van der Waals surface area contributed by atoms with Crippen molar-refractivity contribution in [1.29, 1.82) is 0 Å². The van der Waals surface area contributed by atoms with Crippen LogP contribution in [-0.4, -0.2) is 40.4 Å². The summed E-state index contributed by atoms with van der Waals surface area (Å²) < 4.78 is 0. The molecule has 0 heterocycles. The van der Waals surface area contributed by atoms with Gasteiger partial charge in [0.2, 0.25) is 0 Å². The molecular weight excluding hydrogens is 462 g/mol. The second kappa shape index (κ2) is 11.6. The second-order valence-corrected chi connectivity index (χ2v) is 8.55. The van der Waals surface area contributed by atoms with Crippen molar-refractivity contribution in [3.05, 3.63) is 112 Å². The van der Waals surface area contributed by atoms with Crippen LogP contribution in [0.25, 0.3) is 10.8 Å². The predicted molar refractivity (Wildman–Crippen MR) is 140 cm³/mol. The summed E-state index contributed by atoms with van der Waals surface area (Å²) in [5, 5.41) is 25.4. The number of amides is 1. The number of nitrogens with one attached hydrogen (secondary N) is 1. The maximum atomic E-state index is 12.4. The van der Waals surface area contributed by atoms with Crippen LogP contribution in [0.5, 0.6) is 5.75 Å². The maximum absolute atomic E-state index is 12.4. The molecule has 0 radical (unpaired) electrons. The summed E-state index contributed by atoms with van der Waals surface area (Å²) in [7, 11) is 0. The Morgan fingerprint density at radius 2 is 1.69 bits per heavy atom. The molecule has 0 bridgehead atoms. The largest absolute Gasteiger partial charge is 0.506 e. The molecular formula is C28H26ClN3O3. The van der Waals surface area contributed by atoms with Crippen molar-refractivity contribution in [2.75, 3.05) is 13.2 Å². The number of aromatic hydroxyl groups is 1. The third kappa shape index (κ3) is 6.25. The summed E-state index contributed by atoms with van der Waals surface area (Å²) in [5.41, 5.74) is 6.01. The van der Waals surface area contributed by atoms with E-state index in [2.05, 4.69) is 39.7 Å². The van der Waals surface area contributed by atoms with Crippen LogP contribution in [0.1, 0.15) is 27.0 Å². The SMILES string of the molecule is O=C(NN=Cc1ccc(CN(CCO)Cc2ccccc2)c2ccccc12)c1ccc(O)c(Cl)c1. The molecule has 4 rings (SSSR count). The number of benzene rings is 4. The van der Waals surface area contributed by atoms with Gasteiger partial charge in [-0.05, 0) is 40.1 Å². The Hall–Kier alpha value is -3.71. The van der Waals surface area contributed by atoms with E-state index < -0.39 is 5.91 Å².